The predicted molar refractivity (Wildman–Crippen MR) is 99.7 cm³/mol. The van der Waals surface area contributed by atoms with Gasteiger partial charge in [0.05, 0.1) is 19.3 Å². The van der Waals surface area contributed by atoms with Crippen LogP contribution in [0.1, 0.15) is 42.9 Å². The summed E-state index contributed by atoms with van der Waals surface area (Å²) in [5.41, 5.74) is 2.55. The van der Waals surface area contributed by atoms with Crippen molar-refractivity contribution in [1.29, 1.82) is 0 Å². The molecule has 0 unspecified atom stereocenters. The van der Waals surface area contributed by atoms with E-state index in [1.54, 1.807) is 7.11 Å². The molecule has 1 aliphatic heterocycles. The highest BCUT2D eigenvalue weighted by atomic mass is 16.5. The Morgan fingerprint density at radius 1 is 1.16 bits per heavy atom. The number of likely N-dealkylation sites (tertiary alicyclic amines) is 1. The first-order valence-electron chi connectivity index (χ1n) is 9.34. The van der Waals surface area contributed by atoms with Crippen LogP contribution in [0.3, 0.4) is 0 Å². The first kappa shape index (κ1) is 19.9. The lowest BCUT2D eigenvalue weighted by Crippen LogP contribution is -2.36. The highest BCUT2D eigenvalue weighted by Gasteiger charge is 2.23. The maximum atomic E-state index is 12.1. The molecule has 1 fully saturated rings. The molecule has 1 amide bonds. The van der Waals surface area contributed by atoms with Crippen LogP contribution >= 0.6 is 0 Å². The second kappa shape index (κ2) is 11.2. The van der Waals surface area contributed by atoms with Crippen LogP contribution in [0.15, 0.2) is 24.3 Å². The zero-order chi connectivity index (χ0) is 17.9. The maximum absolute atomic E-state index is 12.1. The second-order valence-electron chi connectivity index (χ2n) is 6.68. The van der Waals surface area contributed by atoms with E-state index < -0.39 is 0 Å². The zero-order valence-corrected chi connectivity index (χ0v) is 15.6. The van der Waals surface area contributed by atoms with E-state index in [0.717, 1.165) is 19.5 Å². The van der Waals surface area contributed by atoms with E-state index in [9.17, 15) is 4.79 Å². The molecule has 1 aromatic carbocycles. The molecule has 5 nitrogen and oxygen atoms in total. The Bertz CT molecular complexity index is 498. The Morgan fingerprint density at radius 2 is 1.88 bits per heavy atom. The van der Waals surface area contributed by atoms with Crippen LogP contribution < -0.4 is 5.32 Å². The van der Waals surface area contributed by atoms with Gasteiger partial charge in [-0.25, -0.2) is 0 Å². The third-order valence-corrected chi connectivity index (χ3v) is 4.66. The van der Waals surface area contributed by atoms with E-state index in [4.69, 9.17) is 9.47 Å². The Labute approximate surface area is 151 Å². The van der Waals surface area contributed by atoms with Crippen molar-refractivity contribution in [2.45, 2.75) is 38.6 Å². The minimum Gasteiger partial charge on any atom is -0.382 e. The molecule has 0 aromatic heterocycles. The molecular weight excluding hydrogens is 316 g/mol. The van der Waals surface area contributed by atoms with Gasteiger partial charge in [0.15, 0.2) is 0 Å². The van der Waals surface area contributed by atoms with E-state index in [2.05, 4.69) is 41.4 Å². The fourth-order valence-electron chi connectivity index (χ4n) is 3.18. The topological polar surface area (TPSA) is 50.8 Å². The van der Waals surface area contributed by atoms with E-state index in [1.165, 1.54) is 24.0 Å². The lowest BCUT2D eigenvalue weighted by Gasteiger charge is -2.28. The number of rotatable bonds is 11. The molecule has 1 atom stereocenters. The molecule has 0 bridgehead atoms. The van der Waals surface area contributed by atoms with Crippen molar-refractivity contribution in [2.75, 3.05) is 46.6 Å². The number of amides is 1. The van der Waals surface area contributed by atoms with Crippen molar-refractivity contribution < 1.29 is 14.3 Å². The Hall–Kier alpha value is -1.43. The standard InChI is InChI=1S/C20H32N2O3/c1-17-7-9-18(10-8-17)19(22-11-3-4-12-22)16-21-20(23)6-5-13-25-15-14-24-2/h7-10,19H,3-6,11-16H2,1-2H3,(H,21,23)/t19-/m1/s1. The van der Waals surface area contributed by atoms with Crippen LogP contribution in [0.2, 0.25) is 0 Å². The summed E-state index contributed by atoms with van der Waals surface area (Å²) in [4.78, 5) is 14.6. The van der Waals surface area contributed by atoms with Crippen molar-refractivity contribution >= 4 is 5.91 Å². The van der Waals surface area contributed by atoms with Crippen LogP contribution in [0.4, 0.5) is 0 Å². The Morgan fingerprint density at radius 3 is 2.56 bits per heavy atom. The SMILES string of the molecule is COCCOCCCC(=O)NC[C@H](c1ccc(C)cc1)N1CCCC1. The minimum atomic E-state index is 0.103. The van der Waals surface area contributed by atoms with Crippen LogP contribution in [-0.4, -0.2) is 57.4 Å². The second-order valence-corrected chi connectivity index (χ2v) is 6.68. The first-order chi connectivity index (χ1) is 12.2. The van der Waals surface area contributed by atoms with Gasteiger partial charge in [0.1, 0.15) is 0 Å². The summed E-state index contributed by atoms with van der Waals surface area (Å²) in [6.45, 7) is 6.79. The number of aryl methyl sites for hydroxylation is 1. The number of nitrogens with one attached hydrogen (secondary N) is 1. The van der Waals surface area contributed by atoms with Crippen molar-refractivity contribution in [3.8, 4) is 0 Å². The summed E-state index contributed by atoms with van der Waals surface area (Å²) in [5, 5.41) is 3.11. The fourth-order valence-corrected chi connectivity index (χ4v) is 3.18. The van der Waals surface area contributed by atoms with Crippen molar-refractivity contribution in [3.05, 3.63) is 35.4 Å². The Kier molecular flexibility index (Phi) is 8.94. The molecule has 0 aliphatic carbocycles. The monoisotopic (exact) mass is 348 g/mol. The molecule has 5 heteroatoms. The van der Waals surface area contributed by atoms with Crippen LogP contribution in [0.25, 0.3) is 0 Å². The highest BCUT2D eigenvalue weighted by molar-refractivity contribution is 5.75. The van der Waals surface area contributed by atoms with E-state index in [1.807, 2.05) is 0 Å². The van der Waals surface area contributed by atoms with E-state index in [-0.39, 0.29) is 11.9 Å². The lowest BCUT2D eigenvalue weighted by molar-refractivity contribution is -0.121. The summed E-state index contributed by atoms with van der Waals surface area (Å²) in [6, 6.07) is 8.95. The fraction of sp³-hybridized carbons (Fsp3) is 0.650. The zero-order valence-electron chi connectivity index (χ0n) is 15.6. The summed E-state index contributed by atoms with van der Waals surface area (Å²) in [5.74, 6) is 0.103. The first-order valence-corrected chi connectivity index (χ1v) is 9.34. The molecule has 140 valence electrons. The molecule has 1 saturated heterocycles. The predicted octanol–water partition coefficient (Wildman–Crippen LogP) is 2.69. The Balaban J connectivity index is 1.77. The molecule has 1 heterocycles. The molecule has 1 aromatic rings. The highest BCUT2D eigenvalue weighted by Crippen LogP contribution is 2.24. The average molecular weight is 348 g/mol. The van der Waals surface area contributed by atoms with Crippen molar-refractivity contribution in [3.63, 3.8) is 0 Å². The molecule has 25 heavy (non-hydrogen) atoms. The number of benzene rings is 1. The van der Waals surface area contributed by atoms with Gasteiger partial charge >= 0.3 is 0 Å². The summed E-state index contributed by atoms with van der Waals surface area (Å²) < 4.78 is 10.3. The minimum absolute atomic E-state index is 0.103. The quantitative estimate of drug-likeness (QED) is 0.625. The number of hydrogen-bond donors (Lipinski definition) is 1. The van der Waals surface area contributed by atoms with Gasteiger partial charge < -0.3 is 14.8 Å². The number of methoxy groups -OCH3 is 1. The third-order valence-electron chi connectivity index (χ3n) is 4.66. The number of nitrogens with zero attached hydrogens (tertiary/aromatic N) is 1. The van der Waals surface area contributed by atoms with Gasteiger partial charge in [0.2, 0.25) is 5.91 Å². The molecule has 0 radical (unpaired) electrons. The van der Waals surface area contributed by atoms with E-state index >= 15 is 0 Å². The molecule has 1 aliphatic rings. The number of hydrogen-bond acceptors (Lipinski definition) is 4. The van der Waals surface area contributed by atoms with Crippen LogP contribution in [-0.2, 0) is 14.3 Å². The molecule has 0 saturated carbocycles. The molecule has 2 rings (SSSR count). The van der Waals surface area contributed by atoms with Crippen molar-refractivity contribution in [2.24, 2.45) is 0 Å². The van der Waals surface area contributed by atoms with Crippen molar-refractivity contribution in [1.82, 2.24) is 10.2 Å². The van der Waals surface area contributed by atoms with Crippen LogP contribution in [0, 0.1) is 6.92 Å². The van der Waals surface area contributed by atoms with Crippen LogP contribution in [0.5, 0.6) is 0 Å². The molecular formula is C20H32N2O3. The smallest absolute Gasteiger partial charge is 0.220 e. The van der Waals surface area contributed by atoms with Gasteiger partial charge in [-0.2, -0.15) is 0 Å². The maximum Gasteiger partial charge on any atom is 0.220 e. The van der Waals surface area contributed by atoms with Gasteiger partial charge in [-0.05, 0) is 44.8 Å². The number of ether oxygens (including phenoxy) is 2. The third kappa shape index (κ3) is 7.14. The molecule has 1 N–H and O–H groups in total. The largest absolute Gasteiger partial charge is 0.382 e. The van der Waals surface area contributed by atoms with Gasteiger partial charge in [-0.15, -0.1) is 0 Å². The summed E-state index contributed by atoms with van der Waals surface area (Å²) in [7, 11) is 1.65. The van der Waals surface area contributed by atoms with Gasteiger partial charge in [-0.1, -0.05) is 29.8 Å². The number of carbonyl (C=O) groups is 1. The number of carbonyl (C=O) groups excluding carboxylic acids is 1. The summed E-state index contributed by atoms with van der Waals surface area (Å²) in [6.07, 6.45) is 3.74. The van der Waals surface area contributed by atoms with Gasteiger partial charge in [0, 0.05) is 26.7 Å². The van der Waals surface area contributed by atoms with Gasteiger partial charge in [0.25, 0.3) is 0 Å². The van der Waals surface area contributed by atoms with Gasteiger partial charge in [-0.3, -0.25) is 9.69 Å². The summed E-state index contributed by atoms with van der Waals surface area (Å²) >= 11 is 0. The lowest BCUT2D eigenvalue weighted by atomic mass is 10.0. The normalized spacial score (nSPS) is 16.1. The average Bonchev–Trinajstić information content (AvgIpc) is 3.14. The van der Waals surface area contributed by atoms with E-state index in [0.29, 0.717) is 32.8 Å². The molecule has 0 spiro atoms.